The van der Waals surface area contributed by atoms with E-state index in [4.69, 9.17) is 0 Å². The van der Waals surface area contributed by atoms with Gasteiger partial charge in [-0.3, -0.25) is 4.79 Å². The van der Waals surface area contributed by atoms with Gasteiger partial charge in [0.1, 0.15) is 5.78 Å². The quantitative estimate of drug-likeness (QED) is 0.116. The Morgan fingerprint density at radius 2 is 0.788 bits per heavy atom. The molecule has 0 aromatic carbocycles. The summed E-state index contributed by atoms with van der Waals surface area (Å²) < 4.78 is 0. The van der Waals surface area contributed by atoms with Crippen molar-refractivity contribution in [1.82, 2.24) is 0 Å². The first-order chi connectivity index (χ1) is 16.2. The number of rotatable bonds is 28. The van der Waals surface area contributed by atoms with E-state index in [9.17, 15) is 9.90 Å². The molecule has 0 aliphatic rings. The second-order valence-corrected chi connectivity index (χ2v) is 10.7. The summed E-state index contributed by atoms with van der Waals surface area (Å²) in [4.78, 5) is 11.5. The fraction of sp³-hybridized carbons (Fsp3) is 0.968. The molecule has 0 aliphatic heterocycles. The Hall–Kier alpha value is -0.370. The molecule has 0 heterocycles. The van der Waals surface area contributed by atoms with Crippen LogP contribution in [0.5, 0.6) is 0 Å². The Morgan fingerprint density at radius 3 is 1.15 bits per heavy atom. The highest BCUT2D eigenvalue weighted by atomic mass is 16.3. The highest BCUT2D eigenvalue weighted by Crippen LogP contribution is 2.16. The Morgan fingerprint density at radius 1 is 0.455 bits per heavy atom. The number of unbranched alkanes of at least 4 members (excludes halogenated alkanes) is 20. The van der Waals surface area contributed by atoms with Crippen LogP contribution in [0.4, 0.5) is 0 Å². The molecule has 198 valence electrons. The summed E-state index contributed by atoms with van der Waals surface area (Å²) in [5.41, 5.74) is 0. The predicted octanol–water partition coefficient (Wildman–Crippen LogP) is 10.5. The zero-order valence-electron chi connectivity index (χ0n) is 23.0. The molecule has 1 N–H and O–H groups in total. The van der Waals surface area contributed by atoms with Gasteiger partial charge in [0, 0.05) is 12.8 Å². The maximum Gasteiger partial charge on any atom is 0.132 e. The van der Waals surface area contributed by atoms with Crippen molar-refractivity contribution in [3.63, 3.8) is 0 Å². The van der Waals surface area contributed by atoms with Gasteiger partial charge in [0.05, 0.1) is 6.10 Å². The monoisotopic (exact) mass is 466 g/mol. The van der Waals surface area contributed by atoms with Gasteiger partial charge in [-0.25, -0.2) is 0 Å². The van der Waals surface area contributed by atoms with E-state index in [0.29, 0.717) is 5.78 Å². The van der Waals surface area contributed by atoms with Crippen LogP contribution in [0.15, 0.2) is 0 Å². The standard InChI is InChI=1S/C31H62O2/c1-3-5-6-7-8-9-10-11-12-13-14-15-16-17-18-19-20-21-23-28-31(33)29-25-22-24-27-30(32)26-4-2/h31,33H,3-29H2,1-2H3. The zero-order chi connectivity index (χ0) is 24.2. The summed E-state index contributed by atoms with van der Waals surface area (Å²) in [7, 11) is 0. The van der Waals surface area contributed by atoms with Crippen molar-refractivity contribution in [3.05, 3.63) is 0 Å². The first kappa shape index (κ1) is 32.6. The van der Waals surface area contributed by atoms with Crippen LogP contribution in [0.25, 0.3) is 0 Å². The first-order valence-electron chi connectivity index (χ1n) is 15.4. The van der Waals surface area contributed by atoms with Gasteiger partial charge in [-0.2, -0.15) is 0 Å². The highest BCUT2D eigenvalue weighted by Gasteiger charge is 2.05. The summed E-state index contributed by atoms with van der Waals surface area (Å²) in [6, 6.07) is 0. The zero-order valence-corrected chi connectivity index (χ0v) is 23.0. The van der Waals surface area contributed by atoms with Crippen molar-refractivity contribution in [2.24, 2.45) is 0 Å². The summed E-state index contributed by atoms with van der Waals surface area (Å²) >= 11 is 0. The molecule has 0 saturated carbocycles. The smallest absolute Gasteiger partial charge is 0.132 e. The van der Waals surface area contributed by atoms with Crippen LogP contribution < -0.4 is 0 Å². The maximum atomic E-state index is 11.5. The maximum absolute atomic E-state index is 11.5. The van der Waals surface area contributed by atoms with Gasteiger partial charge in [0.2, 0.25) is 0 Å². The molecular weight excluding hydrogens is 404 g/mol. The minimum Gasteiger partial charge on any atom is -0.393 e. The van der Waals surface area contributed by atoms with Crippen LogP contribution in [-0.2, 0) is 4.79 Å². The van der Waals surface area contributed by atoms with E-state index < -0.39 is 0 Å². The Kier molecular flexibility index (Phi) is 27.6. The van der Waals surface area contributed by atoms with Crippen LogP contribution in [0, 0.1) is 0 Å². The van der Waals surface area contributed by atoms with Crippen molar-refractivity contribution < 1.29 is 9.90 Å². The van der Waals surface area contributed by atoms with Gasteiger partial charge in [-0.05, 0) is 25.7 Å². The van der Waals surface area contributed by atoms with E-state index in [-0.39, 0.29) is 6.10 Å². The lowest BCUT2D eigenvalue weighted by atomic mass is 10.0. The molecule has 0 aromatic rings. The molecule has 1 unspecified atom stereocenters. The Bertz CT molecular complexity index is 379. The second-order valence-electron chi connectivity index (χ2n) is 10.7. The molecule has 33 heavy (non-hydrogen) atoms. The number of hydrogen-bond donors (Lipinski definition) is 1. The van der Waals surface area contributed by atoms with Gasteiger partial charge in [0.25, 0.3) is 0 Å². The summed E-state index contributed by atoms with van der Waals surface area (Å²) in [5.74, 6) is 0.409. The molecule has 0 bridgehead atoms. The van der Waals surface area contributed by atoms with Crippen molar-refractivity contribution in [3.8, 4) is 0 Å². The Balaban J connectivity index is 3.15. The lowest BCUT2D eigenvalue weighted by Crippen LogP contribution is -2.06. The van der Waals surface area contributed by atoms with Crippen LogP contribution in [-0.4, -0.2) is 17.0 Å². The fourth-order valence-electron chi connectivity index (χ4n) is 4.89. The predicted molar refractivity (Wildman–Crippen MR) is 147 cm³/mol. The molecule has 0 fully saturated rings. The number of Topliss-reactive ketones (excluding diaryl/α,β-unsaturated/α-hetero) is 1. The molecule has 1 atom stereocenters. The molecule has 2 heteroatoms. The van der Waals surface area contributed by atoms with Crippen LogP contribution in [0.2, 0.25) is 0 Å². The normalized spacial score (nSPS) is 12.3. The topological polar surface area (TPSA) is 37.3 Å². The van der Waals surface area contributed by atoms with E-state index in [1.54, 1.807) is 0 Å². The number of aliphatic hydroxyl groups excluding tert-OH is 1. The molecular formula is C31H62O2. The van der Waals surface area contributed by atoms with Crippen molar-refractivity contribution in [1.29, 1.82) is 0 Å². The molecule has 0 amide bonds. The summed E-state index contributed by atoms with van der Waals surface area (Å²) in [6.45, 7) is 4.36. The van der Waals surface area contributed by atoms with E-state index in [1.807, 2.05) is 0 Å². The lowest BCUT2D eigenvalue weighted by Gasteiger charge is -2.10. The van der Waals surface area contributed by atoms with Gasteiger partial charge in [-0.1, -0.05) is 149 Å². The Labute approximate surface area is 209 Å². The van der Waals surface area contributed by atoms with E-state index in [0.717, 1.165) is 51.4 Å². The summed E-state index contributed by atoms with van der Waals surface area (Å²) in [6.07, 6.45) is 34.1. The average Bonchev–Trinajstić information content (AvgIpc) is 2.80. The highest BCUT2D eigenvalue weighted by molar-refractivity contribution is 5.78. The average molecular weight is 467 g/mol. The van der Waals surface area contributed by atoms with Crippen LogP contribution in [0.3, 0.4) is 0 Å². The number of carbonyl (C=O) groups is 1. The third kappa shape index (κ3) is 27.8. The molecule has 0 rings (SSSR count). The molecule has 2 nitrogen and oxygen atoms in total. The number of hydrogen-bond acceptors (Lipinski definition) is 2. The number of aliphatic hydroxyl groups is 1. The lowest BCUT2D eigenvalue weighted by molar-refractivity contribution is -0.119. The SMILES string of the molecule is CCCCCCCCCCCCCCCCCCCCCC(O)CCCCCC(=O)CCC. The third-order valence-electron chi connectivity index (χ3n) is 7.16. The molecule has 0 aliphatic carbocycles. The minimum absolute atomic E-state index is 0.123. The number of carbonyl (C=O) groups excluding carboxylic acids is 1. The second kappa shape index (κ2) is 27.9. The van der Waals surface area contributed by atoms with Gasteiger partial charge in [0.15, 0.2) is 0 Å². The summed E-state index contributed by atoms with van der Waals surface area (Å²) in [5, 5.41) is 10.1. The van der Waals surface area contributed by atoms with Gasteiger partial charge >= 0.3 is 0 Å². The fourth-order valence-corrected chi connectivity index (χ4v) is 4.89. The van der Waals surface area contributed by atoms with Crippen LogP contribution >= 0.6 is 0 Å². The van der Waals surface area contributed by atoms with Gasteiger partial charge < -0.3 is 5.11 Å². The van der Waals surface area contributed by atoms with Crippen LogP contribution in [0.1, 0.15) is 187 Å². The third-order valence-corrected chi connectivity index (χ3v) is 7.16. The number of ketones is 1. The van der Waals surface area contributed by atoms with Crippen molar-refractivity contribution >= 4 is 5.78 Å². The molecule has 0 aromatic heterocycles. The largest absolute Gasteiger partial charge is 0.393 e. The van der Waals surface area contributed by atoms with E-state index in [1.165, 1.54) is 122 Å². The molecule has 0 saturated heterocycles. The van der Waals surface area contributed by atoms with Gasteiger partial charge in [-0.15, -0.1) is 0 Å². The van der Waals surface area contributed by atoms with E-state index in [2.05, 4.69) is 13.8 Å². The van der Waals surface area contributed by atoms with E-state index >= 15 is 0 Å². The molecule has 0 spiro atoms. The molecule has 0 radical (unpaired) electrons. The first-order valence-corrected chi connectivity index (χ1v) is 15.4. The minimum atomic E-state index is -0.123. The van der Waals surface area contributed by atoms with Crippen molar-refractivity contribution in [2.75, 3.05) is 0 Å². The van der Waals surface area contributed by atoms with Crippen molar-refractivity contribution in [2.45, 2.75) is 193 Å².